The van der Waals surface area contributed by atoms with E-state index in [2.05, 4.69) is 62.2 Å². The van der Waals surface area contributed by atoms with E-state index in [1.165, 1.54) is 47.9 Å². The van der Waals surface area contributed by atoms with Crippen molar-refractivity contribution in [3.05, 3.63) is 59.2 Å². The lowest BCUT2D eigenvalue weighted by molar-refractivity contribution is 0.436. The zero-order chi connectivity index (χ0) is 14.9. The van der Waals surface area contributed by atoms with Crippen LogP contribution in [0.25, 0.3) is 11.1 Å². The van der Waals surface area contributed by atoms with Gasteiger partial charge in [0.05, 0.1) is 0 Å². The number of hydrogen-bond acceptors (Lipinski definition) is 0. The molecule has 106 valence electrons. The monoisotopic (exact) mass is 274 g/mol. The molecule has 21 heavy (non-hydrogen) atoms. The van der Waals surface area contributed by atoms with E-state index >= 15 is 0 Å². The summed E-state index contributed by atoms with van der Waals surface area (Å²) < 4.78 is 0. The van der Waals surface area contributed by atoms with Gasteiger partial charge in [-0.25, -0.2) is 0 Å². The molecule has 2 aromatic carbocycles. The quantitative estimate of drug-likeness (QED) is 0.643. The van der Waals surface area contributed by atoms with Crippen LogP contribution in [0.4, 0.5) is 0 Å². The second-order valence-corrected chi connectivity index (χ2v) is 6.03. The summed E-state index contributed by atoms with van der Waals surface area (Å²) in [6, 6.07) is 15.4. The molecular formula is C21H22. The third kappa shape index (κ3) is 2.00. The minimum absolute atomic E-state index is 0.155. The normalized spacial score (nSPS) is 14.3. The molecule has 0 aromatic heterocycles. The number of rotatable bonds is 4. The fraction of sp³-hybridized carbons (Fsp3) is 0.333. The molecule has 0 radical (unpaired) electrons. The molecule has 0 aliphatic heterocycles. The number of fused-ring (bicyclic) bond motifs is 3. The van der Waals surface area contributed by atoms with E-state index in [-0.39, 0.29) is 5.41 Å². The van der Waals surface area contributed by atoms with Crippen molar-refractivity contribution in [1.29, 1.82) is 0 Å². The standard InChI is InChI=1S/C21H22/c1-4-13-21(14-5-2)19-10-8-7-9-17(19)18-12-11-16(6-3)15-20(18)21/h3,7-12,15H,4-5,13-14H2,1-2H3. The Morgan fingerprint density at radius 3 is 2.24 bits per heavy atom. The molecule has 1 aliphatic carbocycles. The van der Waals surface area contributed by atoms with Gasteiger partial charge in [0.2, 0.25) is 0 Å². The lowest BCUT2D eigenvalue weighted by Crippen LogP contribution is -2.25. The van der Waals surface area contributed by atoms with Crippen LogP contribution in [0, 0.1) is 12.3 Å². The maximum atomic E-state index is 5.64. The van der Waals surface area contributed by atoms with Gasteiger partial charge in [0.1, 0.15) is 0 Å². The summed E-state index contributed by atoms with van der Waals surface area (Å²) in [6.07, 6.45) is 10.4. The molecule has 1 aliphatic rings. The minimum Gasteiger partial charge on any atom is -0.115 e. The predicted octanol–water partition coefficient (Wildman–Crippen LogP) is 5.53. The van der Waals surface area contributed by atoms with Gasteiger partial charge in [-0.05, 0) is 47.2 Å². The summed E-state index contributed by atoms with van der Waals surface area (Å²) in [5, 5.41) is 0. The average Bonchev–Trinajstić information content (AvgIpc) is 2.79. The maximum Gasteiger partial charge on any atom is 0.0246 e. The van der Waals surface area contributed by atoms with Gasteiger partial charge in [-0.3, -0.25) is 0 Å². The lowest BCUT2D eigenvalue weighted by Gasteiger charge is -2.32. The van der Waals surface area contributed by atoms with Crippen molar-refractivity contribution in [2.45, 2.75) is 44.9 Å². The summed E-state index contributed by atoms with van der Waals surface area (Å²) in [5.74, 6) is 2.81. The van der Waals surface area contributed by atoms with E-state index < -0.39 is 0 Å². The Morgan fingerprint density at radius 1 is 0.905 bits per heavy atom. The molecule has 3 rings (SSSR count). The van der Waals surface area contributed by atoms with Gasteiger partial charge in [-0.2, -0.15) is 0 Å². The summed E-state index contributed by atoms with van der Waals surface area (Å²) in [6.45, 7) is 4.56. The summed E-state index contributed by atoms with van der Waals surface area (Å²) >= 11 is 0. The predicted molar refractivity (Wildman–Crippen MR) is 90.4 cm³/mol. The number of terminal acetylenes is 1. The molecule has 0 unspecified atom stereocenters. The molecule has 0 atom stereocenters. The first-order valence-electron chi connectivity index (χ1n) is 7.98. The first-order valence-corrected chi connectivity index (χ1v) is 7.98. The van der Waals surface area contributed by atoms with Gasteiger partial charge in [-0.1, -0.05) is 62.9 Å². The molecule has 2 aromatic rings. The second-order valence-electron chi connectivity index (χ2n) is 6.03. The van der Waals surface area contributed by atoms with Crippen molar-refractivity contribution in [2.75, 3.05) is 0 Å². The molecule has 0 spiro atoms. The Kier molecular flexibility index (Phi) is 3.60. The molecule has 0 saturated heterocycles. The van der Waals surface area contributed by atoms with Crippen molar-refractivity contribution in [2.24, 2.45) is 0 Å². The first kappa shape index (κ1) is 14.0. The van der Waals surface area contributed by atoms with Gasteiger partial charge >= 0.3 is 0 Å². The molecule has 0 N–H and O–H groups in total. The Labute approximate surface area is 128 Å². The summed E-state index contributed by atoms with van der Waals surface area (Å²) in [4.78, 5) is 0. The van der Waals surface area contributed by atoms with Crippen molar-refractivity contribution in [1.82, 2.24) is 0 Å². The molecule has 0 amide bonds. The van der Waals surface area contributed by atoms with Crippen molar-refractivity contribution < 1.29 is 0 Å². The van der Waals surface area contributed by atoms with Crippen LogP contribution in [-0.4, -0.2) is 0 Å². The van der Waals surface area contributed by atoms with Crippen molar-refractivity contribution in [3.8, 4) is 23.5 Å². The molecule has 0 heterocycles. The Bertz CT molecular complexity index is 694. The Hall–Kier alpha value is -2.00. The van der Waals surface area contributed by atoms with Crippen LogP contribution in [0.15, 0.2) is 42.5 Å². The topological polar surface area (TPSA) is 0 Å². The Morgan fingerprint density at radius 2 is 1.57 bits per heavy atom. The number of benzene rings is 2. The second kappa shape index (κ2) is 5.41. The molecule has 0 heteroatoms. The zero-order valence-corrected chi connectivity index (χ0v) is 12.9. The van der Waals surface area contributed by atoms with E-state index in [1.54, 1.807) is 0 Å². The maximum absolute atomic E-state index is 5.64. The van der Waals surface area contributed by atoms with Gasteiger partial charge < -0.3 is 0 Å². The van der Waals surface area contributed by atoms with Crippen LogP contribution in [0.2, 0.25) is 0 Å². The van der Waals surface area contributed by atoms with Crippen LogP contribution in [0.5, 0.6) is 0 Å². The van der Waals surface area contributed by atoms with Crippen LogP contribution >= 0.6 is 0 Å². The Balaban J connectivity index is 2.31. The van der Waals surface area contributed by atoms with Gasteiger partial charge in [-0.15, -0.1) is 6.42 Å². The highest BCUT2D eigenvalue weighted by molar-refractivity contribution is 5.81. The van der Waals surface area contributed by atoms with Crippen LogP contribution in [0.3, 0.4) is 0 Å². The highest BCUT2D eigenvalue weighted by Gasteiger charge is 2.41. The molecule has 0 fully saturated rings. The third-order valence-electron chi connectivity index (χ3n) is 4.79. The van der Waals surface area contributed by atoms with Gasteiger partial charge in [0.15, 0.2) is 0 Å². The first-order chi connectivity index (χ1) is 10.3. The smallest absolute Gasteiger partial charge is 0.0246 e. The van der Waals surface area contributed by atoms with Crippen LogP contribution in [0.1, 0.15) is 56.2 Å². The van der Waals surface area contributed by atoms with E-state index in [1.807, 2.05) is 0 Å². The summed E-state index contributed by atoms with van der Waals surface area (Å²) in [5.41, 5.74) is 6.88. The van der Waals surface area contributed by atoms with E-state index in [9.17, 15) is 0 Å². The highest BCUT2D eigenvalue weighted by atomic mass is 14.4. The fourth-order valence-electron chi connectivity index (χ4n) is 4.06. The SMILES string of the molecule is C#Cc1ccc2c(c1)C(CCC)(CCC)c1ccccc1-2. The number of hydrogen-bond donors (Lipinski definition) is 0. The van der Waals surface area contributed by atoms with E-state index in [0.717, 1.165) is 5.56 Å². The largest absolute Gasteiger partial charge is 0.115 e. The van der Waals surface area contributed by atoms with E-state index in [0.29, 0.717) is 0 Å². The lowest BCUT2D eigenvalue weighted by atomic mass is 9.71. The third-order valence-corrected chi connectivity index (χ3v) is 4.79. The van der Waals surface area contributed by atoms with Gasteiger partial charge in [0, 0.05) is 11.0 Å². The fourth-order valence-corrected chi connectivity index (χ4v) is 4.06. The van der Waals surface area contributed by atoms with Gasteiger partial charge in [0.25, 0.3) is 0 Å². The van der Waals surface area contributed by atoms with E-state index in [4.69, 9.17) is 6.42 Å². The van der Waals surface area contributed by atoms with Crippen LogP contribution < -0.4 is 0 Å². The molecule has 0 bridgehead atoms. The summed E-state index contributed by atoms with van der Waals surface area (Å²) in [7, 11) is 0. The van der Waals surface area contributed by atoms with Crippen molar-refractivity contribution in [3.63, 3.8) is 0 Å². The van der Waals surface area contributed by atoms with Crippen LogP contribution in [-0.2, 0) is 5.41 Å². The highest BCUT2D eigenvalue weighted by Crippen LogP contribution is 2.53. The molecular weight excluding hydrogens is 252 g/mol. The zero-order valence-electron chi connectivity index (χ0n) is 12.9. The van der Waals surface area contributed by atoms with Crippen molar-refractivity contribution >= 4 is 0 Å². The molecule has 0 saturated carbocycles. The molecule has 0 nitrogen and oxygen atoms in total. The minimum atomic E-state index is 0.155. The average molecular weight is 274 g/mol.